The number of carbonyl (C=O) groups excluding carboxylic acids is 1. The number of nitrogens with one attached hydrogen (secondary N) is 3. The summed E-state index contributed by atoms with van der Waals surface area (Å²) in [5, 5.41) is 3.06. The van der Waals surface area contributed by atoms with Crippen molar-refractivity contribution < 1.29 is 19.3 Å². The zero-order valence-corrected chi connectivity index (χ0v) is 18.7. The molecule has 0 atom stereocenters. The third-order valence-electron chi connectivity index (χ3n) is 6.31. The standard InChI is InChI=1S/C27H31N3O2/c1-32-25-14-8-9-22(19-25)20-28-26(31)21-29-15-17-30(18-16-29)27(23-10-4-2-5-11-23)24-12-6-3-7-13-24/h2-14,19,27H,15-18,20-21H2,1H3,(H,28,31)/p+2. The summed E-state index contributed by atoms with van der Waals surface area (Å²) in [6.07, 6.45) is 0. The summed E-state index contributed by atoms with van der Waals surface area (Å²) < 4.78 is 5.26. The van der Waals surface area contributed by atoms with Gasteiger partial charge in [-0.25, -0.2) is 0 Å². The molecular weight excluding hydrogens is 398 g/mol. The minimum Gasteiger partial charge on any atom is -0.497 e. The van der Waals surface area contributed by atoms with Gasteiger partial charge in [0.1, 0.15) is 38.0 Å². The van der Waals surface area contributed by atoms with Crippen LogP contribution in [0.15, 0.2) is 84.9 Å². The molecule has 0 aromatic heterocycles. The fourth-order valence-corrected chi connectivity index (χ4v) is 4.62. The van der Waals surface area contributed by atoms with Crippen molar-refractivity contribution in [3.8, 4) is 5.75 Å². The van der Waals surface area contributed by atoms with Crippen LogP contribution in [0.3, 0.4) is 0 Å². The molecule has 1 aliphatic heterocycles. The van der Waals surface area contributed by atoms with Crippen LogP contribution in [0.1, 0.15) is 22.7 Å². The smallest absolute Gasteiger partial charge is 0.275 e. The maximum absolute atomic E-state index is 12.5. The molecule has 0 aliphatic carbocycles. The van der Waals surface area contributed by atoms with Gasteiger partial charge in [0, 0.05) is 17.7 Å². The van der Waals surface area contributed by atoms with Crippen LogP contribution in [-0.4, -0.2) is 45.7 Å². The van der Waals surface area contributed by atoms with Crippen LogP contribution in [0.5, 0.6) is 5.75 Å². The number of amides is 1. The Morgan fingerprint density at radius 3 is 2.09 bits per heavy atom. The van der Waals surface area contributed by atoms with E-state index >= 15 is 0 Å². The topological polar surface area (TPSA) is 47.2 Å². The van der Waals surface area contributed by atoms with Crippen LogP contribution in [0.4, 0.5) is 0 Å². The van der Waals surface area contributed by atoms with Crippen molar-refractivity contribution in [2.24, 2.45) is 0 Å². The van der Waals surface area contributed by atoms with Gasteiger partial charge < -0.3 is 19.9 Å². The van der Waals surface area contributed by atoms with Crippen LogP contribution in [0.2, 0.25) is 0 Å². The first-order chi connectivity index (χ1) is 15.7. The van der Waals surface area contributed by atoms with Gasteiger partial charge in [0.05, 0.1) is 7.11 Å². The van der Waals surface area contributed by atoms with E-state index in [1.54, 1.807) is 12.0 Å². The number of benzene rings is 3. The molecule has 1 heterocycles. The summed E-state index contributed by atoms with van der Waals surface area (Å²) in [6.45, 7) is 5.15. The van der Waals surface area contributed by atoms with Gasteiger partial charge in [-0.15, -0.1) is 0 Å². The highest BCUT2D eigenvalue weighted by Crippen LogP contribution is 2.18. The molecule has 3 aromatic carbocycles. The molecule has 0 radical (unpaired) electrons. The van der Waals surface area contributed by atoms with E-state index in [1.807, 2.05) is 24.3 Å². The summed E-state index contributed by atoms with van der Waals surface area (Å²) in [7, 11) is 1.66. The normalized spacial score (nSPS) is 18.3. The molecular formula is C27H33N3O2+2. The predicted octanol–water partition coefficient (Wildman–Crippen LogP) is 0.884. The number of carbonyl (C=O) groups is 1. The summed E-state index contributed by atoms with van der Waals surface area (Å²) in [6, 6.07) is 29.7. The van der Waals surface area contributed by atoms with Crippen molar-refractivity contribution in [3.05, 3.63) is 102 Å². The Morgan fingerprint density at radius 1 is 0.875 bits per heavy atom. The lowest BCUT2D eigenvalue weighted by atomic mass is 9.96. The Bertz CT molecular complexity index is 947. The maximum Gasteiger partial charge on any atom is 0.275 e. The Morgan fingerprint density at radius 2 is 1.50 bits per heavy atom. The SMILES string of the molecule is COc1cccc(CNC(=O)C[NH+]2CC[NH+](C(c3ccccc3)c3ccccc3)CC2)c1. The van der Waals surface area contributed by atoms with E-state index in [2.05, 4.69) is 66.0 Å². The average molecular weight is 432 g/mol. The fourth-order valence-electron chi connectivity index (χ4n) is 4.62. The number of rotatable bonds is 8. The molecule has 0 spiro atoms. The molecule has 0 saturated carbocycles. The van der Waals surface area contributed by atoms with Gasteiger partial charge in [-0.3, -0.25) is 4.79 Å². The number of quaternary nitrogens is 2. The molecule has 4 rings (SSSR count). The number of piperazine rings is 1. The lowest BCUT2D eigenvalue weighted by Gasteiger charge is -2.35. The quantitative estimate of drug-likeness (QED) is 0.496. The maximum atomic E-state index is 12.5. The molecule has 0 bridgehead atoms. The summed E-state index contributed by atoms with van der Waals surface area (Å²) in [5.41, 5.74) is 3.76. The Labute approximate surface area is 190 Å². The zero-order chi connectivity index (χ0) is 22.2. The van der Waals surface area contributed by atoms with Crippen LogP contribution in [-0.2, 0) is 11.3 Å². The Hall–Kier alpha value is -3.15. The van der Waals surface area contributed by atoms with Gasteiger partial charge in [-0.2, -0.15) is 0 Å². The van der Waals surface area contributed by atoms with Gasteiger partial charge in [-0.1, -0.05) is 72.8 Å². The molecule has 5 heteroatoms. The molecule has 3 N–H and O–H groups in total. The van der Waals surface area contributed by atoms with Crippen molar-refractivity contribution >= 4 is 5.91 Å². The number of ether oxygens (including phenoxy) is 1. The van der Waals surface area contributed by atoms with E-state index < -0.39 is 0 Å². The van der Waals surface area contributed by atoms with Crippen molar-refractivity contribution in [1.29, 1.82) is 0 Å². The highest BCUT2D eigenvalue weighted by molar-refractivity contribution is 5.76. The molecule has 0 unspecified atom stereocenters. The van der Waals surface area contributed by atoms with Crippen LogP contribution in [0, 0.1) is 0 Å². The van der Waals surface area contributed by atoms with Gasteiger partial charge in [-0.05, 0) is 17.7 Å². The van der Waals surface area contributed by atoms with E-state index in [1.165, 1.54) is 16.0 Å². The largest absolute Gasteiger partial charge is 0.497 e. The van der Waals surface area contributed by atoms with Gasteiger partial charge in [0.15, 0.2) is 6.54 Å². The second kappa shape index (κ2) is 10.9. The number of hydrogen-bond donors (Lipinski definition) is 3. The molecule has 5 nitrogen and oxygen atoms in total. The minimum absolute atomic E-state index is 0.105. The van der Waals surface area contributed by atoms with E-state index in [4.69, 9.17) is 4.74 Å². The lowest BCUT2D eigenvalue weighted by molar-refractivity contribution is -1.02. The van der Waals surface area contributed by atoms with Crippen LogP contribution in [0.25, 0.3) is 0 Å². The molecule has 1 amide bonds. The molecule has 1 aliphatic rings. The summed E-state index contributed by atoms with van der Waals surface area (Å²) in [5.74, 6) is 0.918. The molecule has 1 fully saturated rings. The third kappa shape index (κ3) is 5.75. The van der Waals surface area contributed by atoms with Gasteiger partial charge in [0.2, 0.25) is 0 Å². The second-order valence-corrected chi connectivity index (χ2v) is 8.47. The molecule has 166 valence electrons. The number of methoxy groups -OCH3 is 1. The monoisotopic (exact) mass is 431 g/mol. The highest BCUT2D eigenvalue weighted by atomic mass is 16.5. The molecule has 32 heavy (non-hydrogen) atoms. The van der Waals surface area contributed by atoms with Gasteiger partial charge in [0.25, 0.3) is 5.91 Å². The Balaban J connectivity index is 1.32. The van der Waals surface area contributed by atoms with Crippen molar-refractivity contribution in [2.75, 3.05) is 39.8 Å². The van der Waals surface area contributed by atoms with E-state index in [9.17, 15) is 4.79 Å². The highest BCUT2D eigenvalue weighted by Gasteiger charge is 2.32. The minimum atomic E-state index is 0.105. The second-order valence-electron chi connectivity index (χ2n) is 8.47. The van der Waals surface area contributed by atoms with Gasteiger partial charge >= 0.3 is 0 Å². The summed E-state index contributed by atoms with van der Waals surface area (Å²) in [4.78, 5) is 15.5. The van der Waals surface area contributed by atoms with E-state index in [0.717, 1.165) is 37.5 Å². The summed E-state index contributed by atoms with van der Waals surface area (Å²) >= 11 is 0. The van der Waals surface area contributed by atoms with Crippen LogP contribution >= 0.6 is 0 Å². The first kappa shape index (κ1) is 22.1. The first-order valence-electron chi connectivity index (χ1n) is 11.4. The lowest BCUT2D eigenvalue weighted by Crippen LogP contribution is -3.28. The molecule has 1 saturated heterocycles. The van der Waals surface area contributed by atoms with E-state index in [-0.39, 0.29) is 5.91 Å². The predicted molar refractivity (Wildman–Crippen MR) is 126 cm³/mol. The van der Waals surface area contributed by atoms with E-state index in [0.29, 0.717) is 19.1 Å². The van der Waals surface area contributed by atoms with Crippen molar-refractivity contribution in [2.45, 2.75) is 12.6 Å². The fraction of sp³-hybridized carbons (Fsp3) is 0.296. The van der Waals surface area contributed by atoms with Crippen LogP contribution < -0.4 is 19.9 Å². The first-order valence-corrected chi connectivity index (χ1v) is 11.4. The number of hydrogen-bond acceptors (Lipinski definition) is 2. The zero-order valence-electron chi connectivity index (χ0n) is 18.7. The van der Waals surface area contributed by atoms with Crippen molar-refractivity contribution in [3.63, 3.8) is 0 Å². The average Bonchev–Trinajstić information content (AvgIpc) is 2.85. The van der Waals surface area contributed by atoms with Crippen molar-refractivity contribution in [1.82, 2.24) is 5.32 Å². The molecule has 3 aromatic rings. The third-order valence-corrected chi connectivity index (χ3v) is 6.31. The Kier molecular flexibility index (Phi) is 7.54.